The summed E-state index contributed by atoms with van der Waals surface area (Å²) in [5, 5.41) is 5.90. The van der Waals surface area contributed by atoms with Gasteiger partial charge in [-0.25, -0.2) is 4.79 Å². The number of nitrogens with one attached hydrogen (secondary N) is 2. The second-order valence-corrected chi connectivity index (χ2v) is 7.20. The van der Waals surface area contributed by atoms with E-state index in [4.69, 9.17) is 4.74 Å². The number of hydrogen-bond donors (Lipinski definition) is 2. The number of amides is 3. The van der Waals surface area contributed by atoms with Crippen LogP contribution in [0.5, 0.6) is 0 Å². The molecule has 2 saturated heterocycles. The molecule has 7 nitrogen and oxygen atoms in total. The summed E-state index contributed by atoms with van der Waals surface area (Å²) in [5.41, 5.74) is 0.965. The molecule has 7 heteroatoms. The lowest BCUT2D eigenvalue weighted by molar-refractivity contribution is -0.127. The number of urea groups is 1. The Morgan fingerprint density at radius 1 is 1.36 bits per heavy atom. The van der Waals surface area contributed by atoms with E-state index in [9.17, 15) is 9.59 Å². The predicted octanol–water partition coefficient (Wildman–Crippen LogP) is 1.15. The Bertz CT molecular complexity index is 608. The van der Waals surface area contributed by atoms with Gasteiger partial charge in [0.15, 0.2) is 0 Å². The SMILES string of the molecule is CC(C)CNC(=O)N1C[C@@H]2C[C@@H](C(=O)NCc3cccnc3)[C@H](C1)O2. The number of nitrogens with zero attached hydrogens (tertiary/aromatic N) is 2. The van der Waals surface area contributed by atoms with Gasteiger partial charge < -0.3 is 20.3 Å². The first kappa shape index (κ1) is 17.7. The summed E-state index contributed by atoms with van der Waals surface area (Å²) in [4.78, 5) is 30.6. The number of carbonyl (C=O) groups excluding carboxylic acids is 2. The van der Waals surface area contributed by atoms with Crippen molar-refractivity contribution in [2.45, 2.75) is 39.0 Å². The van der Waals surface area contributed by atoms with Gasteiger partial charge in [0.2, 0.25) is 5.91 Å². The molecule has 136 valence electrons. The van der Waals surface area contributed by atoms with Gasteiger partial charge in [-0.3, -0.25) is 9.78 Å². The van der Waals surface area contributed by atoms with E-state index in [2.05, 4.69) is 29.5 Å². The third-order valence-corrected chi connectivity index (χ3v) is 4.63. The summed E-state index contributed by atoms with van der Waals surface area (Å²) in [6.07, 6.45) is 3.83. The van der Waals surface area contributed by atoms with Crippen molar-refractivity contribution in [1.82, 2.24) is 20.5 Å². The summed E-state index contributed by atoms with van der Waals surface area (Å²) in [7, 11) is 0. The number of aromatic nitrogens is 1. The third kappa shape index (κ3) is 4.48. The van der Waals surface area contributed by atoms with Crippen LogP contribution in [0.25, 0.3) is 0 Å². The molecule has 0 radical (unpaired) electrons. The lowest BCUT2D eigenvalue weighted by Crippen LogP contribution is -2.51. The molecular weight excluding hydrogens is 320 g/mol. The molecule has 3 atom stereocenters. The summed E-state index contributed by atoms with van der Waals surface area (Å²) in [6.45, 7) is 6.25. The van der Waals surface area contributed by atoms with Gasteiger partial charge in [0.1, 0.15) is 0 Å². The standard InChI is InChI=1S/C18H26N4O3/c1-12(2)7-21-18(24)22-10-14-6-15(16(11-22)25-14)17(23)20-9-13-4-3-5-19-8-13/h3-5,8,12,14-16H,6-7,9-11H2,1-2H3,(H,20,23)(H,21,24)/t14-,15+,16-/m0/s1. The van der Waals surface area contributed by atoms with E-state index >= 15 is 0 Å². The van der Waals surface area contributed by atoms with Gasteiger partial charge in [-0.05, 0) is 24.0 Å². The fourth-order valence-corrected chi connectivity index (χ4v) is 3.33. The second-order valence-electron chi connectivity index (χ2n) is 7.20. The number of morpholine rings is 1. The zero-order valence-corrected chi connectivity index (χ0v) is 14.8. The van der Waals surface area contributed by atoms with Crippen LogP contribution >= 0.6 is 0 Å². The lowest BCUT2D eigenvalue weighted by atomic mass is 9.99. The molecule has 2 aliphatic heterocycles. The van der Waals surface area contributed by atoms with E-state index in [1.165, 1.54) is 0 Å². The van der Waals surface area contributed by atoms with Crippen molar-refractivity contribution in [3.63, 3.8) is 0 Å². The first-order chi connectivity index (χ1) is 12.0. The van der Waals surface area contributed by atoms with Crippen molar-refractivity contribution in [3.05, 3.63) is 30.1 Å². The number of hydrogen-bond acceptors (Lipinski definition) is 4. The van der Waals surface area contributed by atoms with Crippen LogP contribution in [0, 0.1) is 11.8 Å². The van der Waals surface area contributed by atoms with Crippen LogP contribution in [0.4, 0.5) is 4.79 Å². The maximum Gasteiger partial charge on any atom is 0.317 e. The third-order valence-electron chi connectivity index (χ3n) is 4.63. The number of carbonyl (C=O) groups is 2. The van der Waals surface area contributed by atoms with Gasteiger partial charge in [-0.15, -0.1) is 0 Å². The average Bonchev–Trinajstić information content (AvgIpc) is 2.92. The van der Waals surface area contributed by atoms with Crippen molar-refractivity contribution >= 4 is 11.9 Å². The van der Waals surface area contributed by atoms with E-state index in [-0.39, 0.29) is 30.1 Å². The molecule has 0 aromatic carbocycles. The summed E-state index contributed by atoms with van der Waals surface area (Å²) in [5.74, 6) is 0.193. The molecule has 2 bridgehead atoms. The average molecular weight is 346 g/mol. The maximum atomic E-state index is 12.5. The molecule has 0 aliphatic carbocycles. The van der Waals surface area contributed by atoms with Crippen molar-refractivity contribution in [3.8, 4) is 0 Å². The van der Waals surface area contributed by atoms with Crippen LogP contribution in [0.1, 0.15) is 25.8 Å². The Hall–Kier alpha value is -2.15. The first-order valence-corrected chi connectivity index (χ1v) is 8.87. The zero-order chi connectivity index (χ0) is 17.8. The van der Waals surface area contributed by atoms with Crippen molar-refractivity contribution < 1.29 is 14.3 Å². The highest BCUT2D eigenvalue weighted by Crippen LogP contribution is 2.32. The molecule has 0 unspecified atom stereocenters. The Kier molecular flexibility index (Phi) is 5.53. The highest BCUT2D eigenvalue weighted by Gasteiger charge is 2.45. The Labute approximate surface area is 148 Å². The van der Waals surface area contributed by atoms with E-state index < -0.39 is 0 Å². The number of rotatable bonds is 5. The van der Waals surface area contributed by atoms with E-state index in [1.807, 2.05) is 12.1 Å². The van der Waals surface area contributed by atoms with Crippen LogP contribution in [0.3, 0.4) is 0 Å². The fraction of sp³-hybridized carbons (Fsp3) is 0.611. The molecule has 2 N–H and O–H groups in total. The second kappa shape index (κ2) is 7.82. The van der Waals surface area contributed by atoms with E-state index in [1.54, 1.807) is 17.3 Å². The predicted molar refractivity (Wildman–Crippen MR) is 92.7 cm³/mol. The Balaban J connectivity index is 1.52. The van der Waals surface area contributed by atoms with Crippen molar-refractivity contribution in [2.75, 3.05) is 19.6 Å². The molecule has 1 aromatic heterocycles. The summed E-state index contributed by atoms with van der Waals surface area (Å²) in [6, 6.07) is 3.71. The molecule has 0 saturated carbocycles. The Morgan fingerprint density at radius 2 is 2.20 bits per heavy atom. The van der Waals surface area contributed by atoms with Gasteiger partial charge in [-0.1, -0.05) is 19.9 Å². The minimum atomic E-state index is -0.225. The molecule has 25 heavy (non-hydrogen) atoms. The highest BCUT2D eigenvalue weighted by molar-refractivity contribution is 5.80. The minimum Gasteiger partial charge on any atom is -0.370 e. The van der Waals surface area contributed by atoms with Crippen molar-refractivity contribution in [1.29, 1.82) is 0 Å². The van der Waals surface area contributed by atoms with Gasteiger partial charge in [0, 0.05) is 38.6 Å². The number of fused-ring (bicyclic) bond motifs is 2. The van der Waals surface area contributed by atoms with Gasteiger partial charge in [0.05, 0.1) is 18.1 Å². The molecule has 3 rings (SSSR count). The molecule has 2 aliphatic rings. The Morgan fingerprint density at radius 3 is 2.92 bits per heavy atom. The molecule has 3 heterocycles. The van der Waals surface area contributed by atoms with E-state index in [0.29, 0.717) is 38.5 Å². The van der Waals surface area contributed by atoms with Crippen LogP contribution < -0.4 is 10.6 Å². The zero-order valence-electron chi connectivity index (χ0n) is 14.8. The fourth-order valence-electron chi connectivity index (χ4n) is 3.33. The maximum absolute atomic E-state index is 12.5. The first-order valence-electron chi connectivity index (χ1n) is 8.87. The monoisotopic (exact) mass is 346 g/mol. The largest absolute Gasteiger partial charge is 0.370 e. The molecule has 2 fully saturated rings. The molecule has 0 spiro atoms. The number of pyridine rings is 1. The van der Waals surface area contributed by atoms with Crippen molar-refractivity contribution in [2.24, 2.45) is 11.8 Å². The summed E-state index contributed by atoms with van der Waals surface area (Å²) < 4.78 is 5.89. The molecule has 3 amide bonds. The van der Waals surface area contributed by atoms with E-state index in [0.717, 1.165) is 5.56 Å². The quantitative estimate of drug-likeness (QED) is 0.838. The van der Waals surface area contributed by atoms with Crippen LogP contribution in [-0.2, 0) is 16.1 Å². The van der Waals surface area contributed by atoms with Gasteiger partial charge >= 0.3 is 6.03 Å². The van der Waals surface area contributed by atoms with Crippen LogP contribution in [0.15, 0.2) is 24.5 Å². The summed E-state index contributed by atoms with van der Waals surface area (Å²) >= 11 is 0. The molecule has 1 aromatic rings. The van der Waals surface area contributed by atoms with Crippen LogP contribution in [0.2, 0.25) is 0 Å². The highest BCUT2D eigenvalue weighted by atomic mass is 16.5. The van der Waals surface area contributed by atoms with Gasteiger partial charge in [0.25, 0.3) is 0 Å². The van der Waals surface area contributed by atoms with Crippen LogP contribution in [-0.4, -0.2) is 53.7 Å². The number of likely N-dealkylation sites (tertiary alicyclic amines) is 1. The topological polar surface area (TPSA) is 83.6 Å². The minimum absolute atomic E-state index is 0.0132. The van der Waals surface area contributed by atoms with Gasteiger partial charge in [-0.2, -0.15) is 0 Å². The molecular formula is C18H26N4O3. The lowest BCUT2D eigenvalue weighted by Gasteiger charge is -2.33. The normalized spacial score (nSPS) is 25.1. The smallest absolute Gasteiger partial charge is 0.317 e. The number of ether oxygens (including phenoxy) is 1.